The predicted octanol–water partition coefficient (Wildman–Crippen LogP) is 5.09. The summed E-state index contributed by atoms with van der Waals surface area (Å²) in [6.45, 7) is 2.24. The molecule has 0 amide bonds. The van der Waals surface area contributed by atoms with Gasteiger partial charge in [0, 0.05) is 16.1 Å². The summed E-state index contributed by atoms with van der Waals surface area (Å²) in [6, 6.07) is 6.17. The van der Waals surface area contributed by atoms with E-state index in [2.05, 4.69) is 12.2 Å². The van der Waals surface area contributed by atoms with Gasteiger partial charge in [-0.2, -0.15) is 0 Å². The van der Waals surface area contributed by atoms with Gasteiger partial charge in [0.1, 0.15) is 0 Å². The van der Waals surface area contributed by atoms with E-state index in [-0.39, 0.29) is 0 Å². The summed E-state index contributed by atoms with van der Waals surface area (Å²) in [4.78, 5) is 0. The molecule has 1 nitrogen and oxygen atoms in total. The fraction of sp³-hybridized carbons (Fsp3) is 0.600. The summed E-state index contributed by atoms with van der Waals surface area (Å²) in [6.07, 6.45) is 7.34. The van der Waals surface area contributed by atoms with Crippen LogP contribution < -0.4 is 5.32 Å². The maximum absolute atomic E-state index is 6.19. The number of hydrogen-bond donors (Lipinski definition) is 1. The molecule has 0 saturated carbocycles. The Morgan fingerprint density at radius 2 is 1.94 bits per heavy atom. The van der Waals surface area contributed by atoms with Gasteiger partial charge < -0.3 is 5.32 Å². The first-order valence-corrected chi connectivity index (χ1v) is 7.54. The monoisotopic (exact) mass is 287 g/mol. The molecule has 1 unspecified atom stereocenters. The van der Waals surface area contributed by atoms with Crippen molar-refractivity contribution in [1.82, 2.24) is 5.32 Å². The lowest BCUT2D eigenvalue weighted by Crippen LogP contribution is -2.27. The first-order valence-electron chi connectivity index (χ1n) is 6.78. The minimum Gasteiger partial charge on any atom is -0.317 e. The van der Waals surface area contributed by atoms with E-state index in [1.807, 2.05) is 25.2 Å². The van der Waals surface area contributed by atoms with E-state index in [4.69, 9.17) is 23.2 Å². The van der Waals surface area contributed by atoms with Crippen LogP contribution in [0.2, 0.25) is 10.0 Å². The van der Waals surface area contributed by atoms with Crippen molar-refractivity contribution in [3.05, 3.63) is 33.8 Å². The highest BCUT2D eigenvalue weighted by Gasteiger charge is 2.10. The van der Waals surface area contributed by atoms with Crippen LogP contribution in [0.4, 0.5) is 0 Å². The topological polar surface area (TPSA) is 12.0 Å². The summed E-state index contributed by atoms with van der Waals surface area (Å²) in [5.41, 5.74) is 1.14. The molecule has 1 aromatic carbocycles. The molecule has 0 saturated heterocycles. The lowest BCUT2D eigenvalue weighted by Gasteiger charge is -2.17. The number of nitrogens with one attached hydrogen (secondary N) is 1. The highest BCUT2D eigenvalue weighted by atomic mass is 35.5. The van der Waals surface area contributed by atoms with Crippen LogP contribution in [0, 0.1) is 0 Å². The van der Waals surface area contributed by atoms with Gasteiger partial charge in [0.05, 0.1) is 0 Å². The van der Waals surface area contributed by atoms with E-state index in [1.165, 1.54) is 32.1 Å². The van der Waals surface area contributed by atoms with E-state index in [9.17, 15) is 0 Å². The van der Waals surface area contributed by atoms with E-state index < -0.39 is 0 Å². The van der Waals surface area contributed by atoms with Crippen molar-refractivity contribution in [3.63, 3.8) is 0 Å². The van der Waals surface area contributed by atoms with Gasteiger partial charge in [-0.15, -0.1) is 0 Å². The smallest absolute Gasteiger partial charge is 0.0439 e. The van der Waals surface area contributed by atoms with E-state index in [1.54, 1.807) is 0 Å². The number of hydrogen-bond acceptors (Lipinski definition) is 1. The van der Waals surface area contributed by atoms with Gasteiger partial charge in [0.2, 0.25) is 0 Å². The molecule has 1 aromatic rings. The van der Waals surface area contributed by atoms with Gasteiger partial charge in [0.25, 0.3) is 0 Å². The summed E-state index contributed by atoms with van der Waals surface area (Å²) in [5.74, 6) is 0. The predicted molar refractivity (Wildman–Crippen MR) is 81.8 cm³/mol. The molecule has 0 aliphatic rings. The van der Waals surface area contributed by atoms with Gasteiger partial charge in [-0.05, 0) is 43.7 Å². The van der Waals surface area contributed by atoms with Crippen LogP contribution >= 0.6 is 23.2 Å². The Morgan fingerprint density at radius 3 is 2.61 bits per heavy atom. The average molecular weight is 288 g/mol. The third-order valence-electron chi connectivity index (χ3n) is 3.29. The van der Waals surface area contributed by atoms with Crippen LogP contribution in [0.15, 0.2) is 18.2 Å². The second-order valence-electron chi connectivity index (χ2n) is 4.77. The Balaban J connectivity index is 2.48. The summed E-state index contributed by atoms with van der Waals surface area (Å²) < 4.78 is 0. The van der Waals surface area contributed by atoms with Crippen LogP contribution in [0.3, 0.4) is 0 Å². The van der Waals surface area contributed by atoms with Crippen molar-refractivity contribution < 1.29 is 0 Å². The summed E-state index contributed by atoms with van der Waals surface area (Å²) in [5, 5.41) is 4.95. The lowest BCUT2D eigenvalue weighted by atomic mass is 10.00. The molecule has 0 radical (unpaired) electrons. The summed E-state index contributed by atoms with van der Waals surface area (Å²) in [7, 11) is 2.02. The normalized spacial score (nSPS) is 12.7. The third-order valence-corrected chi connectivity index (χ3v) is 3.89. The quantitative estimate of drug-likeness (QED) is 0.657. The van der Waals surface area contributed by atoms with Crippen molar-refractivity contribution in [2.24, 2.45) is 0 Å². The van der Waals surface area contributed by atoms with Gasteiger partial charge >= 0.3 is 0 Å². The Hall–Kier alpha value is -0.240. The first-order chi connectivity index (χ1) is 8.67. The fourth-order valence-corrected chi connectivity index (χ4v) is 2.52. The number of unbranched alkanes of at least 4 members (excludes halogenated alkanes) is 3. The van der Waals surface area contributed by atoms with Gasteiger partial charge in [0.15, 0.2) is 0 Å². The Kier molecular flexibility index (Phi) is 7.73. The molecule has 3 heteroatoms. The molecule has 0 bridgehead atoms. The fourth-order valence-electron chi connectivity index (χ4n) is 2.13. The zero-order chi connectivity index (χ0) is 13.4. The van der Waals surface area contributed by atoms with Crippen LogP contribution in [0.25, 0.3) is 0 Å². The Labute approximate surface area is 121 Å². The molecule has 1 N–H and O–H groups in total. The van der Waals surface area contributed by atoms with Crippen molar-refractivity contribution >= 4 is 23.2 Å². The van der Waals surface area contributed by atoms with Gasteiger partial charge in [-0.25, -0.2) is 0 Å². The second kappa shape index (κ2) is 8.79. The molecule has 0 spiro atoms. The van der Waals surface area contributed by atoms with Gasteiger partial charge in [-0.1, -0.05) is 55.8 Å². The van der Waals surface area contributed by atoms with Crippen LogP contribution in [0.1, 0.15) is 44.6 Å². The standard InChI is InChI=1S/C15H23Cl2N/c1-3-4-5-6-7-14(18-2)11-12-10-13(16)8-9-15(12)17/h8-10,14,18H,3-7,11H2,1-2H3. The molecule has 0 fully saturated rings. The highest BCUT2D eigenvalue weighted by molar-refractivity contribution is 6.33. The Morgan fingerprint density at radius 1 is 1.17 bits per heavy atom. The van der Waals surface area contributed by atoms with E-state index >= 15 is 0 Å². The minimum absolute atomic E-state index is 0.484. The van der Waals surface area contributed by atoms with E-state index in [0.29, 0.717) is 6.04 Å². The van der Waals surface area contributed by atoms with Crippen LogP contribution in [0.5, 0.6) is 0 Å². The molecule has 0 heterocycles. The lowest BCUT2D eigenvalue weighted by molar-refractivity contribution is 0.485. The molecular weight excluding hydrogens is 265 g/mol. The maximum atomic E-state index is 6.19. The number of rotatable bonds is 8. The number of likely N-dealkylation sites (N-methyl/N-ethyl adjacent to an activating group) is 1. The van der Waals surface area contributed by atoms with Crippen molar-refractivity contribution in [3.8, 4) is 0 Å². The van der Waals surface area contributed by atoms with Gasteiger partial charge in [-0.3, -0.25) is 0 Å². The molecule has 0 aliphatic carbocycles. The van der Waals surface area contributed by atoms with Crippen LogP contribution in [-0.4, -0.2) is 13.1 Å². The average Bonchev–Trinajstić information content (AvgIpc) is 2.37. The molecule has 0 aromatic heterocycles. The maximum Gasteiger partial charge on any atom is 0.0439 e. The first kappa shape index (κ1) is 15.8. The minimum atomic E-state index is 0.484. The molecule has 0 aliphatic heterocycles. The number of halogens is 2. The molecule has 1 rings (SSSR count). The molecule has 1 atom stereocenters. The highest BCUT2D eigenvalue weighted by Crippen LogP contribution is 2.22. The number of benzene rings is 1. The zero-order valence-corrected chi connectivity index (χ0v) is 12.8. The molecule has 18 heavy (non-hydrogen) atoms. The summed E-state index contributed by atoms with van der Waals surface area (Å²) >= 11 is 12.2. The van der Waals surface area contributed by atoms with Crippen molar-refractivity contribution in [2.75, 3.05) is 7.05 Å². The van der Waals surface area contributed by atoms with E-state index in [0.717, 1.165) is 22.0 Å². The van der Waals surface area contributed by atoms with Crippen molar-refractivity contribution in [2.45, 2.75) is 51.5 Å². The molecular formula is C15H23Cl2N. The molecule has 102 valence electrons. The third kappa shape index (κ3) is 5.60. The van der Waals surface area contributed by atoms with Crippen molar-refractivity contribution in [1.29, 1.82) is 0 Å². The largest absolute Gasteiger partial charge is 0.317 e. The SMILES string of the molecule is CCCCCCC(Cc1cc(Cl)ccc1Cl)NC. The Bertz CT molecular complexity index is 352. The van der Waals surface area contributed by atoms with Crippen LogP contribution in [-0.2, 0) is 6.42 Å². The zero-order valence-electron chi connectivity index (χ0n) is 11.3. The second-order valence-corrected chi connectivity index (χ2v) is 5.62.